The molecule has 0 saturated carbocycles. The molecule has 1 aromatic carbocycles. The first-order valence-electron chi connectivity index (χ1n) is 10.1. The number of benzene rings is 1. The number of aromatic nitrogens is 1. The molecule has 0 spiro atoms. The Bertz CT molecular complexity index is 1090. The fourth-order valence-corrected chi connectivity index (χ4v) is 5.13. The number of rotatable bonds is 5. The number of fused-ring (bicyclic) bond motifs is 1. The van der Waals surface area contributed by atoms with Gasteiger partial charge in [-0.05, 0) is 56.4 Å². The highest BCUT2D eigenvalue weighted by Gasteiger charge is 2.19. The van der Waals surface area contributed by atoms with Crippen molar-refractivity contribution in [3.63, 3.8) is 0 Å². The Balaban J connectivity index is 1.39. The third-order valence-electron chi connectivity index (χ3n) is 5.46. The van der Waals surface area contributed by atoms with Crippen LogP contribution in [0.2, 0.25) is 5.02 Å². The van der Waals surface area contributed by atoms with Crippen LogP contribution >= 0.6 is 22.9 Å². The number of carbonyl (C=O) groups is 1. The quantitative estimate of drug-likeness (QED) is 0.582. The van der Waals surface area contributed by atoms with Crippen molar-refractivity contribution in [2.45, 2.75) is 32.6 Å². The summed E-state index contributed by atoms with van der Waals surface area (Å²) in [4.78, 5) is 20.0. The van der Waals surface area contributed by atoms with Gasteiger partial charge >= 0.3 is 0 Å². The molecule has 3 heterocycles. The van der Waals surface area contributed by atoms with E-state index < -0.39 is 5.82 Å². The minimum atomic E-state index is -0.427. The second-order valence-corrected chi connectivity index (χ2v) is 9.00. The van der Waals surface area contributed by atoms with Crippen molar-refractivity contribution >= 4 is 50.4 Å². The molecule has 0 radical (unpaired) electrons. The Labute approximate surface area is 184 Å². The molecule has 0 unspecified atom stereocenters. The maximum absolute atomic E-state index is 13.8. The molecule has 0 atom stereocenters. The van der Waals surface area contributed by atoms with Crippen LogP contribution in [0.25, 0.3) is 10.2 Å². The molecule has 3 N–H and O–H groups in total. The van der Waals surface area contributed by atoms with E-state index in [0.29, 0.717) is 33.8 Å². The van der Waals surface area contributed by atoms with Gasteiger partial charge in [0, 0.05) is 25.0 Å². The van der Waals surface area contributed by atoms with E-state index in [0.717, 1.165) is 29.4 Å². The molecule has 3 aromatic rings. The highest BCUT2D eigenvalue weighted by atomic mass is 35.5. The van der Waals surface area contributed by atoms with E-state index in [-0.39, 0.29) is 11.6 Å². The molecule has 8 heteroatoms. The first kappa shape index (κ1) is 20.9. The van der Waals surface area contributed by atoms with Crippen LogP contribution in [0.15, 0.2) is 24.3 Å². The standard InChI is InChI=1S/C22H24ClFN4OS/c1-13-17(24)12-15-19(25)20(30-22(15)27-13)21(29)26-8-7-14-5-6-18(16(23)11-14)28-9-3-2-4-10-28/h5-6,11-12H,2-4,7-10,25H2,1H3,(H,26,29). The normalized spacial score (nSPS) is 14.3. The number of nitrogens with zero attached hydrogens (tertiary/aromatic N) is 2. The first-order chi connectivity index (χ1) is 14.4. The Morgan fingerprint density at radius 2 is 2.07 bits per heavy atom. The highest BCUT2D eigenvalue weighted by molar-refractivity contribution is 7.21. The fraction of sp³-hybridized carbons (Fsp3) is 0.364. The van der Waals surface area contributed by atoms with Gasteiger partial charge in [0.2, 0.25) is 0 Å². The summed E-state index contributed by atoms with van der Waals surface area (Å²) in [7, 11) is 0. The number of nitrogens with two attached hydrogens (primary N) is 1. The summed E-state index contributed by atoms with van der Waals surface area (Å²) in [5, 5.41) is 4.12. The second kappa shape index (κ2) is 8.78. The number of nitrogen functional groups attached to an aromatic ring is 1. The molecule has 1 aliphatic heterocycles. The van der Waals surface area contributed by atoms with Crippen LogP contribution in [0, 0.1) is 12.7 Å². The van der Waals surface area contributed by atoms with Crippen molar-refractivity contribution in [3.05, 3.63) is 51.2 Å². The number of halogens is 2. The maximum Gasteiger partial charge on any atom is 0.263 e. The lowest BCUT2D eigenvalue weighted by molar-refractivity contribution is 0.0959. The average Bonchev–Trinajstić information content (AvgIpc) is 3.05. The molecule has 0 aliphatic carbocycles. The van der Waals surface area contributed by atoms with Crippen LogP contribution in [0.4, 0.5) is 15.8 Å². The molecule has 4 rings (SSSR count). The topological polar surface area (TPSA) is 71.2 Å². The van der Waals surface area contributed by atoms with E-state index in [1.807, 2.05) is 6.07 Å². The Morgan fingerprint density at radius 3 is 2.80 bits per heavy atom. The van der Waals surface area contributed by atoms with E-state index in [9.17, 15) is 9.18 Å². The van der Waals surface area contributed by atoms with Crippen LogP contribution < -0.4 is 16.0 Å². The number of nitrogens with one attached hydrogen (secondary N) is 1. The summed E-state index contributed by atoms with van der Waals surface area (Å²) >= 11 is 7.69. The van der Waals surface area contributed by atoms with Crippen molar-refractivity contribution in [1.29, 1.82) is 0 Å². The molecule has 1 saturated heterocycles. The molecule has 0 bridgehead atoms. The van der Waals surface area contributed by atoms with Gasteiger partial charge in [-0.25, -0.2) is 9.37 Å². The summed E-state index contributed by atoms with van der Waals surface area (Å²) in [5.74, 6) is -0.701. The molecule has 2 aromatic heterocycles. The molecule has 158 valence electrons. The monoisotopic (exact) mass is 446 g/mol. The molecule has 30 heavy (non-hydrogen) atoms. The van der Waals surface area contributed by atoms with E-state index in [4.69, 9.17) is 17.3 Å². The van der Waals surface area contributed by atoms with E-state index in [1.54, 1.807) is 6.92 Å². The van der Waals surface area contributed by atoms with Gasteiger partial charge in [0.25, 0.3) is 5.91 Å². The molecular formula is C22H24ClFN4OS. The zero-order chi connectivity index (χ0) is 21.3. The lowest BCUT2D eigenvalue weighted by Crippen LogP contribution is -2.29. The lowest BCUT2D eigenvalue weighted by atomic mass is 10.1. The summed E-state index contributed by atoms with van der Waals surface area (Å²) in [6.07, 6.45) is 4.34. The van der Waals surface area contributed by atoms with Crippen molar-refractivity contribution in [2.24, 2.45) is 0 Å². The van der Waals surface area contributed by atoms with Gasteiger partial charge < -0.3 is 16.0 Å². The van der Waals surface area contributed by atoms with Crippen LogP contribution in [0.1, 0.15) is 40.2 Å². The lowest BCUT2D eigenvalue weighted by Gasteiger charge is -2.29. The van der Waals surface area contributed by atoms with Crippen molar-refractivity contribution in [2.75, 3.05) is 30.3 Å². The van der Waals surface area contributed by atoms with Crippen LogP contribution in [0.5, 0.6) is 0 Å². The van der Waals surface area contributed by atoms with E-state index in [1.165, 1.54) is 36.7 Å². The number of pyridine rings is 1. The third-order valence-corrected chi connectivity index (χ3v) is 6.88. The predicted octanol–water partition coefficient (Wildman–Crippen LogP) is 4.94. The minimum Gasteiger partial charge on any atom is -0.397 e. The third kappa shape index (κ3) is 4.23. The number of hydrogen-bond acceptors (Lipinski definition) is 5. The average molecular weight is 447 g/mol. The van der Waals surface area contributed by atoms with Crippen LogP contribution in [-0.2, 0) is 6.42 Å². The molecule has 1 fully saturated rings. The zero-order valence-corrected chi connectivity index (χ0v) is 18.4. The SMILES string of the molecule is Cc1nc2sc(C(=O)NCCc3ccc(N4CCCCC4)c(Cl)c3)c(N)c2cc1F. The summed E-state index contributed by atoms with van der Waals surface area (Å²) in [6.45, 7) is 4.13. The number of anilines is 2. The van der Waals surface area contributed by atoms with Crippen molar-refractivity contribution in [3.8, 4) is 0 Å². The number of aryl methyl sites for hydroxylation is 1. The van der Waals surface area contributed by atoms with E-state index >= 15 is 0 Å². The summed E-state index contributed by atoms with van der Waals surface area (Å²) < 4.78 is 13.8. The van der Waals surface area contributed by atoms with Gasteiger partial charge in [0.15, 0.2) is 0 Å². The van der Waals surface area contributed by atoms with Gasteiger partial charge in [0.05, 0.1) is 22.1 Å². The van der Waals surface area contributed by atoms with Gasteiger partial charge in [-0.1, -0.05) is 17.7 Å². The van der Waals surface area contributed by atoms with Crippen LogP contribution in [-0.4, -0.2) is 30.5 Å². The number of amides is 1. The Kier molecular flexibility index (Phi) is 6.11. The van der Waals surface area contributed by atoms with Gasteiger partial charge in [0.1, 0.15) is 15.5 Å². The second-order valence-electron chi connectivity index (χ2n) is 7.59. The highest BCUT2D eigenvalue weighted by Crippen LogP contribution is 2.33. The Morgan fingerprint density at radius 1 is 1.30 bits per heavy atom. The number of piperidine rings is 1. The Hall–Kier alpha value is -2.38. The largest absolute Gasteiger partial charge is 0.397 e. The fourth-order valence-electron chi connectivity index (χ4n) is 3.77. The van der Waals surface area contributed by atoms with Gasteiger partial charge in [-0.3, -0.25) is 4.79 Å². The van der Waals surface area contributed by atoms with Gasteiger partial charge in [-0.2, -0.15) is 0 Å². The smallest absolute Gasteiger partial charge is 0.263 e. The minimum absolute atomic E-state index is 0.271. The predicted molar refractivity (Wildman–Crippen MR) is 122 cm³/mol. The number of thiophene rings is 1. The molecule has 1 aliphatic rings. The van der Waals surface area contributed by atoms with Crippen LogP contribution in [0.3, 0.4) is 0 Å². The molecular weight excluding hydrogens is 423 g/mol. The van der Waals surface area contributed by atoms with Crippen molar-refractivity contribution in [1.82, 2.24) is 10.3 Å². The molecule has 5 nitrogen and oxygen atoms in total. The first-order valence-corrected chi connectivity index (χ1v) is 11.3. The number of hydrogen-bond donors (Lipinski definition) is 2. The number of carbonyl (C=O) groups excluding carboxylic acids is 1. The zero-order valence-electron chi connectivity index (χ0n) is 16.8. The summed E-state index contributed by atoms with van der Waals surface area (Å²) in [5.41, 5.74) is 8.77. The van der Waals surface area contributed by atoms with Crippen molar-refractivity contribution < 1.29 is 9.18 Å². The van der Waals surface area contributed by atoms with E-state index in [2.05, 4.69) is 27.3 Å². The molecule has 1 amide bonds. The maximum atomic E-state index is 13.8. The summed E-state index contributed by atoms with van der Waals surface area (Å²) in [6, 6.07) is 7.44. The van der Waals surface area contributed by atoms with Gasteiger partial charge in [-0.15, -0.1) is 11.3 Å².